The largest absolute Gasteiger partial charge is 0.329 e. The minimum absolute atomic E-state index is 0.280. The Hall–Kier alpha value is -0.910. The van der Waals surface area contributed by atoms with E-state index in [1.54, 1.807) is 0 Å². The zero-order valence-electron chi connectivity index (χ0n) is 12.3. The topological polar surface area (TPSA) is 50.3 Å². The minimum atomic E-state index is 0.280. The first-order chi connectivity index (χ1) is 9.24. The molecule has 1 aliphatic heterocycles. The lowest BCUT2D eigenvalue weighted by Crippen LogP contribution is -2.36. The number of rotatable bonds is 7. The van der Waals surface area contributed by atoms with Crippen molar-refractivity contribution >= 4 is 0 Å². The van der Waals surface area contributed by atoms with E-state index in [2.05, 4.69) is 35.1 Å². The average Bonchev–Trinajstić information content (AvgIpc) is 3.08. The van der Waals surface area contributed by atoms with Crippen LogP contribution in [0, 0.1) is 0 Å². The number of likely N-dealkylation sites (tertiary alicyclic amines) is 1. The van der Waals surface area contributed by atoms with E-state index in [1.807, 2.05) is 10.9 Å². The molecule has 0 aromatic carbocycles. The summed E-state index contributed by atoms with van der Waals surface area (Å²) in [6.07, 6.45) is 6.78. The molecule has 1 atom stereocenters. The molecule has 2 N–H and O–H groups in total. The van der Waals surface area contributed by atoms with Gasteiger partial charge in [-0.2, -0.15) is 5.10 Å². The highest BCUT2D eigenvalue weighted by Crippen LogP contribution is 2.17. The van der Waals surface area contributed by atoms with E-state index in [0.717, 1.165) is 19.6 Å². The highest BCUT2D eigenvalue weighted by atomic mass is 15.3. The zero-order valence-corrected chi connectivity index (χ0v) is 12.3. The molecule has 19 heavy (non-hydrogen) atoms. The first-order valence-electron chi connectivity index (χ1n) is 7.39. The second kappa shape index (κ2) is 7.03. The van der Waals surface area contributed by atoms with Gasteiger partial charge in [0.15, 0.2) is 0 Å². The summed E-state index contributed by atoms with van der Waals surface area (Å²) in [6.45, 7) is 8.39. The van der Waals surface area contributed by atoms with Gasteiger partial charge in [0.1, 0.15) is 0 Å². The molecule has 2 rings (SSSR count). The van der Waals surface area contributed by atoms with Crippen LogP contribution in [0.4, 0.5) is 0 Å². The molecule has 5 nitrogen and oxygen atoms in total. The number of hydrogen-bond acceptors (Lipinski definition) is 4. The van der Waals surface area contributed by atoms with Crippen molar-refractivity contribution in [1.29, 1.82) is 0 Å². The summed E-state index contributed by atoms with van der Waals surface area (Å²) in [5.41, 5.74) is 7.18. The standard InChI is InChI=1S/C14H27N5/c1-3-19-12-13(11-16-19)14(10-15)17(2)8-9-18-6-4-5-7-18/h11-12,14H,3-10,15H2,1-2H3. The fraction of sp³-hybridized carbons (Fsp3) is 0.786. The van der Waals surface area contributed by atoms with Gasteiger partial charge in [0.2, 0.25) is 0 Å². The van der Waals surface area contributed by atoms with E-state index >= 15 is 0 Å². The quantitative estimate of drug-likeness (QED) is 0.797. The van der Waals surface area contributed by atoms with Crippen molar-refractivity contribution in [3.63, 3.8) is 0 Å². The minimum Gasteiger partial charge on any atom is -0.329 e. The van der Waals surface area contributed by atoms with Crippen molar-refractivity contribution in [2.45, 2.75) is 32.4 Å². The Morgan fingerprint density at radius 2 is 2.16 bits per heavy atom. The first kappa shape index (κ1) is 14.5. The molecule has 1 saturated heterocycles. The molecule has 1 aromatic rings. The highest BCUT2D eigenvalue weighted by Gasteiger charge is 2.18. The second-order valence-corrected chi connectivity index (χ2v) is 5.41. The zero-order chi connectivity index (χ0) is 13.7. The number of nitrogens with two attached hydrogens (primary N) is 1. The van der Waals surface area contributed by atoms with Crippen LogP contribution in [0.15, 0.2) is 12.4 Å². The van der Waals surface area contributed by atoms with Crippen LogP contribution in [0.25, 0.3) is 0 Å². The van der Waals surface area contributed by atoms with Crippen molar-refractivity contribution < 1.29 is 0 Å². The number of likely N-dealkylation sites (N-methyl/N-ethyl adjacent to an activating group) is 1. The first-order valence-corrected chi connectivity index (χ1v) is 7.39. The third kappa shape index (κ3) is 3.78. The Labute approximate surface area is 116 Å². The van der Waals surface area contributed by atoms with Gasteiger partial charge in [-0.15, -0.1) is 0 Å². The van der Waals surface area contributed by atoms with Crippen LogP contribution < -0.4 is 5.73 Å². The van der Waals surface area contributed by atoms with Gasteiger partial charge >= 0.3 is 0 Å². The van der Waals surface area contributed by atoms with Crippen LogP contribution >= 0.6 is 0 Å². The third-order valence-corrected chi connectivity index (χ3v) is 4.08. The normalized spacial score (nSPS) is 18.3. The summed E-state index contributed by atoms with van der Waals surface area (Å²) in [7, 11) is 2.16. The molecule has 0 bridgehead atoms. The Kier molecular flexibility index (Phi) is 5.36. The van der Waals surface area contributed by atoms with Gasteiger partial charge < -0.3 is 10.6 Å². The summed E-state index contributed by atoms with van der Waals surface area (Å²) in [5, 5.41) is 4.35. The summed E-state index contributed by atoms with van der Waals surface area (Å²) in [4.78, 5) is 4.90. The molecule has 1 fully saturated rings. The highest BCUT2D eigenvalue weighted by molar-refractivity contribution is 5.11. The Morgan fingerprint density at radius 3 is 2.74 bits per heavy atom. The maximum Gasteiger partial charge on any atom is 0.0538 e. The fourth-order valence-corrected chi connectivity index (χ4v) is 2.76. The number of aromatic nitrogens is 2. The van der Waals surface area contributed by atoms with Crippen molar-refractivity contribution in [3.8, 4) is 0 Å². The maximum atomic E-state index is 5.95. The lowest BCUT2D eigenvalue weighted by atomic mass is 10.1. The van der Waals surface area contributed by atoms with E-state index in [9.17, 15) is 0 Å². The number of hydrogen-bond donors (Lipinski definition) is 1. The van der Waals surface area contributed by atoms with Crippen molar-refractivity contribution in [2.75, 3.05) is 39.8 Å². The monoisotopic (exact) mass is 265 g/mol. The molecule has 2 heterocycles. The number of aryl methyl sites for hydroxylation is 1. The van der Waals surface area contributed by atoms with Crippen LogP contribution in [0.5, 0.6) is 0 Å². The van der Waals surface area contributed by atoms with Crippen LogP contribution in [-0.4, -0.2) is 59.4 Å². The Morgan fingerprint density at radius 1 is 1.42 bits per heavy atom. The van der Waals surface area contributed by atoms with E-state index in [1.165, 1.54) is 31.5 Å². The van der Waals surface area contributed by atoms with Crippen LogP contribution in [0.1, 0.15) is 31.4 Å². The van der Waals surface area contributed by atoms with Gasteiger partial charge in [-0.25, -0.2) is 0 Å². The maximum absolute atomic E-state index is 5.95. The molecule has 0 spiro atoms. The molecular formula is C14H27N5. The molecule has 1 unspecified atom stereocenters. The summed E-state index contributed by atoms with van der Waals surface area (Å²) < 4.78 is 1.96. The Bertz CT molecular complexity index is 370. The van der Waals surface area contributed by atoms with Gasteiger partial charge in [-0.3, -0.25) is 9.58 Å². The molecule has 0 amide bonds. The van der Waals surface area contributed by atoms with Crippen molar-refractivity contribution in [1.82, 2.24) is 19.6 Å². The summed E-state index contributed by atoms with van der Waals surface area (Å²) in [5.74, 6) is 0. The van der Waals surface area contributed by atoms with Crippen LogP contribution in [0.3, 0.4) is 0 Å². The third-order valence-electron chi connectivity index (χ3n) is 4.08. The van der Waals surface area contributed by atoms with Gasteiger partial charge in [0.25, 0.3) is 0 Å². The van der Waals surface area contributed by atoms with Crippen molar-refractivity contribution in [2.24, 2.45) is 5.73 Å². The molecule has 1 aromatic heterocycles. The van der Waals surface area contributed by atoms with Gasteiger partial charge in [0, 0.05) is 44.0 Å². The van der Waals surface area contributed by atoms with E-state index in [-0.39, 0.29) is 6.04 Å². The fourth-order valence-electron chi connectivity index (χ4n) is 2.76. The van der Waals surface area contributed by atoms with Gasteiger partial charge in [-0.05, 0) is 39.9 Å². The van der Waals surface area contributed by atoms with E-state index in [0.29, 0.717) is 6.54 Å². The van der Waals surface area contributed by atoms with Crippen molar-refractivity contribution in [3.05, 3.63) is 18.0 Å². The number of nitrogens with zero attached hydrogens (tertiary/aromatic N) is 4. The summed E-state index contributed by atoms with van der Waals surface area (Å²) in [6, 6.07) is 0.280. The Balaban J connectivity index is 1.88. The smallest absolute Gasteiger partial charge is 0.0538 e. The van der Waals surface area contributed by atoms with E-state index < -0.39 is 0 Å². The van der Waals surface area contributed by atoms with Gasteiger partial charge in [0.05, 0.1) is 6.20 Å². The lowest BCUT2D eigenvalue weighted by Gasteiger charge is -2.28. The molecule has 5 heteroatoms. The van der Waals surface area contributed by atoms with Gasteiger partial charge in [-0.1, -0.05) is 0 Å². The second-order valence-electron chi connectivity index (χ2n) is 5.41. The molecule has 0 aliphatic carbocycles. The lowest BCUT2D eigenvalue weighted by molar-refractivity contribution is 0.209. The predicted octanol–water partition coefficient (Wildman–Crippen LogP) is 0.930. The molecular weight excluding hydrogens is 238 g/mol. The molecule has 0 saturated carbocycles. The average molecular weight is 265 g/mol. The summed E-state index contributed by atoms with van der Waals surface area (Å²) >= 11 is 0. The molecule has 108 valence electrons. The van der Waals surface area contributed by atoms with Crippen LogP contribution in [-0.2, 0) is 6.54 Å². The van der Waals surface area contributed by atoms with E-state index in [4.69, 9.17) is 5.73 Å². The molecule has 0 radical (unpaired) electrons. The van der Waals surface area contributed by atoms with Crippen LogP contribution in [0.2, 0.25) is 0 Å². The SMILES string of the molecule is CCn1cc(C(CN)N(C)CCN2CCCC2)cn1. The predicted molar refractivity (Wildman–Crippen MR) is 78.0 cm³/mol. The molecule has 1 aliphatic rings.